The average Bonchev–Trinajstić information content (AvgIpc) is 2.75. The number of carbonyl (C=O) groups excluding carboxylic acids is 2. The van der Waals surface area contributed by atoms with E-state index in [2.05, 4.69) is 10.5 Å². The molecule has 8 heteroatoms. The second-order valence-electron chi connectivity index (χ2n) is 5.83. The molecule has 0 saturated carbocycles. The highest BCUT2D eigenvalue weighted by atomic mass is 16.6. The average molecular weight is 389 g/mol. The SMILES string of the molecule is O=C(N/N=C/c1ccc(OC(=O)c2ccc([N+](=O)[O-])cc2)cc1)c1ccccc1. The van der Waals surface area contributed by atoms with Gasteiger partial charge in [0.05, 0.1) is 16.7 Å². The highest BCUT2D eigenvalue weighted by Crippen LogP contribution is 2.16. The quantitative estimate of drug-likeness (QED) is 0.228. The molecule has 0 heterocycles. The molecule has 0 fully saturated rings. The van der Waals surface area contributed by atoms with Gasteiger partial charge in [0.25, 0.3) is 11.6 Å². The van der Waals surface area contributed by atoms with E-state index in [1.54, 1.807) is 48.5 Å². The van der Waals surface area contributed by atoms with Crippen LogP contribution >= 0.6 is 0 Å². The molecular formula is C21H15N3O5. The lowest BCUT2D eigenvalue weighted by Crippen LogP contribution is -2.17. The zero-order chi connectivity index (χ0) is 20.6. The maximum Gasteiger partial charge on any atom is 0.343 e. The van der Waals surface area contributed by atoms with Crippen LogP contribution in [0.5, 0.6) is 5.75 Å². The van der Waals surface area contributed by atoms with Gasteiger partial charge in [-0.1, -0.05) is 18.2 Å². The van der Waals surface area contributed by atoms with Crippen molar-refractivity contribution in [1.29, 1.82) is 0 Å². The Morgan fingerprint density at radius 1 is 0.897 bits per heavy atom. The fraction of sp³-hybridized carbons (Fsp3) is 0. The molecule has 144 valence electrons. The topological polar surface area (TPSA) is 111 Å². The van der Waals surface area contributed by atoms with Crippen LogP contribution in [0.25, 0.3) is 0 Å². The van der Waals surface area contributed by atoms with Crippen molar-refractivity contribution in [3.8, 4) is 5.75 Å². The number of rotatable bonds is 6. The van der Waals surface area contributed by atoms with Crippen LogP contribution < -0.4 is 10.2 Å². The van der Waals surface area contributed by atoms with Gasteiger partial charge in [-0.15, -0.1) is 0 Å². The van der Waals surface area contributed by atoms with E-state index in [-0.39, 0.29) is 17.2 Å². The molecule has 0 unspecified atom stereocenters. The lowest BCUT2D eigenvalue weighted by molar-refractivity contribution is -0.384. The van der Waals surface area contributed by atoms with E-state index < -0.39 is 10.9 Å². The van der Waals surface area contributed by atoms with Crippen LogP contribution in [0.15, 0.2) is 84.0 Å². The van der Waals surface area contributed by atoms with Gasteiger partial charge in [0.15, 0.2) is 0 Å². The number of benzene rings is 3. The van der Waals surface area contributed by atoms with Crippen molar-refractivity contribution in [3.05, 3.63) is 106 Å². The minimum atomic E-state index is -0.628. The van der Waals surface area contributed by atoms with Crippen LogP contribution in [0.4, 0.5) is 5.69 Å². The van der Waals surface area contributed by atoms with Crippen molar-refractivity contribution < 1.29 is 19.2 Å². The fourth-order valence-corrected chi connectivity index (χ4v) is 2.33. The van der Waals surface area contributed by atoms with E-state index in [0.717, 1.165) is 0 Å². The number of non-ortho nitro benzene ring substituents is 1. The number of nitro groups is 1. The first-order valence-corrected chi connectivity index (χ1v) is 8.48. The summed E-state index contributed by atoms with van der Waals surface area (Å²) >= 11 is 0. The van der Waals surface area contributed by atoms with E-state index in [9.17, 15) is 19.7 Å². The Labute approximate surface area is 165 Å². The number of nitrogens with zero attached hydrogens (tertiary/aromatic N) is 2. The molecule has 0 aliphatic rings. The van der Waals surface area contributed by atoms with E-state index in [1.165, 1.54) is 30.5 Å². The molecule has 3 rings (SSSR count). The van der Waals surface area contributed by atoms with Crippen LogP contribution in [0, 0.1) is 10.1 Å². The first-order valence-electron chi connectivity index (χ1n) is 8.48. The molecule has 0 aromatic heterocycles. The standard InChI is InChI=1S/C21H15N3O5/c25-20(16-4-2-1-3-5-16)23-22-14-15-6-12-19(13-7-15)29-21(26)17-8-10-18(11-9-17)24(27)28/h1-14H,(H,23,25)/b22-14+. The summed E-state index contributed by atoms with van der Waals surface area (Å²) in [5.41, 5.74) is 3.70. The highest BCUT2D eigenvalue weighted by molar-refractivity contribution is 5.95. The number of esters is 1. The monoisotopic (exact) mass is 389 g/mol. The smallest absolute Gasteiger partial charge is 0.343 e. The van der Waals surface area contributed by atoms with Gasteiger partial charge in [0.1, 0.15) is 5.75 Å². The molecule has 3 aromatic carbocycles. The van der Waals surface area contributed by atoms with Gasteiger partial charge in [-0.25, -0.2) is 10.2 Å². The van der Waals surface area contributed by atoms with Crippen molar-refractivity contribution in [3.63, 3.8) is 0 Å². The Balaban J connectivity index is 1.56. The third-order valence-electron chi connectivity index (χ3n) is 3.82. The molecule has 0 bridgehead atoms. The first-order chi connectivity index (χ1) is 14.0. The van der Waals surface area contributed by atoms with Crippen LogP contribution in [-0.4, -0.2) is 23.0 Å². The Kier molecular flexibility index (Phi) is 6.06. The van der Waals surface area contributed by atoms with Gasteiger partial charge in [-0.2, -0.15) is 5.10 Å². The summed E-state index contributed by atoms with van der Waals surface area (Å²) in [7, 11) is 0. The largest absolute Gasteiger partial charge is 0.423 e. The Hall–Kier alpha value is -4.33. The Morgan fingerprint density at radius 3 is 2.17 bits per heavy atom. The molecule has 0 spiro atoms. The molecule has 0 saturated heterocycles. The summed E-state index contributed by atoms with van der Waals surface area (Å²) in [5, 5.41) is 14.5. The zero-order valence-corrected chi connectivity index (χ0v) is 15.0. The number of hydrogen-bond acceptors (Lipinski definition) is 6. The summed E-state index contributed by atoms with van der Waals surface area (Å²) < 4.78 is 5.23. The number of ether oxygens (including phenoxy) is 1. The fourth-order valence-electron chi connectivity index (χ4n) is 2.33. The van der Waals surface area contributed by atoms with E-state index >= 15 is 0 Å². The molecule has 0 aliphatic carbocycles. The van der Waals surface area contributed by atoms with Crippen LogP contribution in [0.3, 0.4) is 0 Å². The summed E-state index contributed by atoms with van der Waals surface area (Å²) in [5.74, 6) is -0.647. The maximum absolute atomic E-state index is 12.1. The second-order valence-corrected chi connectivity index (χ2v) is 5.83. The van der Waals surface area contributed by atoms with Crippen LogP contribution in [0.1, 0.15) is 26.3 Å². The number of carbonyl (C=O) groups is 2. The second kappa shape index (κ2) is 9.05. The normalized spacial score (nSPS) is 10.5. The third kappa shape index (κ3) is 5.33. The third-order valence-corrected chi connectivity index (χ3v) is 3.82. The summed E-state index contributed by atoms with van der Waals surface area (Å²) in [6.07, 6.45) is 1.46. The van der Waals surface area contributed by atoms with Crippen molar-refractivity contribution in [1.82, 2.24) is 5.43 Å². The van der Waals surface area contributed by atoms with E-state index in [1.807, 2.05) is 6.07 Å². The zero-order valence-electron chi connectivity index (χ0n) is 15.0. The van der Waals surface area contributed by atoms with Gasteiger partial charge in [0, 0.05) is 17.7 Å². The molecule has 0 radical (unpaired) electrons. The number of nitrogens with one attached hydrogen (secondary N) is 1. The minimum absolute atomic E-state index is 0.107. The molecule has 1 amide bonds. The number of hydrazone groups is 1. The van der Waals surface area contributed by atoms with Crippen LogP contribution in [-0.2, 0) is 0 Å². The molecule has 8 nitrogen and oxygen atoms in total. The molecule has 0 atom stereocenters. The van der Waals surface area contributed by atoms with Gasteiger partial charge in [-0.05, 0) is 54.1 Å². The maximum atomic E-state index is 12.1. The molecule has 3 aromatic rings. The predicted molar refractivity (Wildman–Crippen MR) is 106 cm³/mol. The van der Waals surface area contributed by atoms with Crippen molar-refractivity contribution in [2.45, 2.75) is 0 Å². The summed E-state index contributed by atoms with van der Waals surface area (Å²) in [6.45, 7) is 0. The van der Waals surface area contributed by atoms with Crippen molar-refractivity contribution >= 4 is 23.8 Å². The van der Waals surface area contributed by atoms with Crippen LogP contribution in [0.2, 0.25) is 0 Å². The Morgan fingerprint density at radius 2 is 1.55 bits per heavy atom. The Bertz CT molecular complexity index is 1050. The predicted octanol–water partition coefficient (Wildman–Crippen LogP) is 3.58. The first kappa shape index (κ1) is 19.4. The van der Waals surface area contributed by atoms with E-state index in [4.69, 9.17) is 4.74 Å². The number of amides is 1. The van der Waals surface area contributed by atoms with Crippen molar-refractivity contribution in [2.75, 3.05) is 0 Å². The minimum Gasteiger partial charge on any atom is -0.423 e. The number of hydrogen-bond donors (Lipinski definition) is 1. The highest BCUT2D eigenvalue weighted by Gasteiger charge is 2.11. The molecule has 29 heavy (non-hydrogen) atoms. The van der Waals surface area contributed by atoms with Gasteiger partial charge >= 0.3 is 5.97 Å². The van der Waals surface area contributed by atoms with Gasteiger partial charge < -0.3 is 4.74 Å². The summed E-state index contributed by atoms with van der Waals surface area (Å²) in [4.78, 5) is 34.1. The lowest BCUT2D eigenvalue weighted by Gasteiger charge is -2.04. The molecule has 0 aliphatic heterocycles. The van der Waals surface area contributed by atoms with Gasteiger partial charge in [0.2, 0.25) is 0 Å². The molecular weight excluding hydrogens is 374 g/mol. The van der Waals surface area contributed by atoms with E-state index in [0.29, 0.717) is 16.9 Å². The molecule has 1 N–H and O–H groups in total. The lowest BCUT2D eigenvalue weighted by atomic mass is 10.2. The van der Waals surface area contributed by atoms with Crippen molar-refractivity contribution in [2.24, 2.45) is 5.10 Å². The van der Waals surface area contributed by atoms with Gasteiger partial charge in [-0.3, -0.25) is 14.9 Å². The number of nitro benzene ring substituents is 1. The summed E-state index contributed by atoms with van der Waals surface area (Å²) in [6, 6.07) is 20.3.